The van der Waals surface area contributed by atoms with E-state index in [1.807, 2.05) is 37.4 Å². The molecule has 6 rings (SSSR count). The first kappa shape index (κ1) is 24.9. The van der Waals surface area contributed by atoms with Gasteiger partial charge in [-0.3, -0.25) is 4.68 Å². The van der Waals surface area contributed by atoms with Crippen molar-refractivity contribution < 1.29 is 17.9 Å². The van der Waals surface area contributed by atoms with Crippen molar-refractivity contribution in [2.24, 2.45) is 0 Å². The zero-order valence-corrected chi connectivity index (χ0v) is 21.3. The number of morpholine rings is 1. The van der Waals surface area contributed by atoms with E-state index >= 15 is 0 Å². The number of anilines is 1. The number of halogens is 3. The van der Waals surface area contributed by atoms with Crippen molar-refractivity contribution in [1.82, 2.24) is 30.0 Å². The molecule has 3 aromatic heterocycles. The van der Waals surface area contributed by atoms with Crippen LogP contribution in [0.5, 0.6) is 0 Å². The van der Waals surface area contributed by atoms with Crippen molar-refractivity contribution in [1.29, 1.82) is 0 Å². The standard InChI is InChI=1S/C27H30F3N7O/c1-16-15-38-13-12-36(16)23-14-22(33-26(34-23)20-4-3-5-21-19(20)8-11-32-21)24-17(2)35-37(25(24)27(28,29)30)18-6-9-31-10-7-18/h3-5,8,11,14,16,18,31-32H,6-7,9-10,12-13,15H2,1-2H3/t16-/m1/s1. The zero-order chi connectivity index (χ0) is 26.4. The van der Waals surface area contributed by atoms with Gasteiger partial charge in [-0.05, 0) is 51.9 Å². The smallest absolute Gasteiger partial charge is 0.377 e. The van der Waals surface area contributed by atoms with Crippen LogP contribution in [0.15, 0.2) is 36.5 Å². The molecule has 2 aliphatic heterocycles. The molecule has 0 aliphatic carbocycles. The predicted octanol–water partition coefficient (Wildman–Crippen LogP) is 4.97. The summed E-state index contributed by atoms with van der Waals surface area (Å²) in [4.78, 5) is 14.9. The topological polar surface area (TPSA) is 83.9 Å². The number of rotatable bonds is 4. The number of hydrogen-bond acceptors (Lipinski definition) is 6. The average Bonchev–Trinajstić information content (AvgIpc) is 3.53. The summed E-state index contributed by atoms with van der Waals surface area (Å²) in [6, 6.07) is 9.04. The molecule has 5 heterocycles. The summed E-state index contributed by atoms with van der Waals surface area (Å²) < 4.78 is 51.0. The Hall–Kier alpha value is -3.44. The van der Waals surface area contributed by atoms with Gasteiger partial charge in [-0.15, -0.1) is 0 Å². The largest absolute Gasteiger partial charge is 0.433 e. The van der Waals surface area contributed by atoms with Crippen LogP contribution in [0, 0.1) is 6.92 Å². The SMILES string of the molecule is Cc1nn(C2CCNCC2)c(C(F)(F)F)c1-c1cc(N2CCOC[C@H]2C)nc(-c2cccc3[nH]ccc23)n1. The maximum atomic E-state index is 14.7. The lowest BCUT2D eigenvalue weighted by atomic mass is 10.0. The Kier molecular flexibility index (Phi) is 6.35. The van der Waals surface area contributed by atoms with Crippen LogP contribution in [-0.2, 0) is 10.9 Å². The third kappa shape index (κ3) is 4.43. The molecule has 4 aromatic rings. The number of H-pyrrole nitrogens is 1. The molecule has 200 valence electrons. The van der Waals surface area contributed by atoms with Crippen LogP contribution in [0.4, 0.5) is 19.0 Å². The minimum absolute atomic E-state index is 0.0167. The van der Waals surface area contributed by atoms with Crippen molar-refractivity contribution in [2.75, 3.05) is 37.7 Å². The lowest BCUT2D eigenvalue weighted by molar-refractivity contribution is -0.144. The fraction of sp³-hybridized carbons (Fsp3) is 0.444. The van der Waals surface area contributed by atoms with Gasteiger partial charge in [0.25, 0.3) is 0 Å². The molecule has 0 unspecified atom stereocenters. The van der Waals surface area contributed by atoms with Crippen LogP contribution in [0.3, 0.4) is 0 Å². The zero-order valence-electron chi connectivity index (χ0n) is 21.3. The van der Waals surface area contributed by atoms with Crippen LogP contribution < -0.4 is 10.2 Å². The van der Waals surface area contributed by atoms with E-state index in [2.05, 4.69) is 20.3 Å². The second-order valence-electron chi connectivity index (χ2n) is 10.0. The summed E-state index contributed by atoms with van der Waals surface area (Å²) in [5.41, 5.74) is 1.46. The minimum atomic E-state index is -4.60. The number of aromatic amines is 1. The Balaban J connectivity index is 1.58. The van der Waals surface area contributed by atoms with E-state index in [4.69, 9.17) is 14.7 Å². The van der Waals surface area contributed by atoms with E-state index in [0.29, 0.717) is 63.0 Å². The third-order valence-corrected chi connectivity index (χ3v) is 7.48. The lowest BCUT2D eigenvalue weighted by Gasteiger charge is -2.34. The Morgan fingerprint density at radius 3 is 2.68 bits per heavy atom. The highest BCUT2D eigenvalue weighted by atomic mass is 19.4. The summed E-state index contributed by atoms with van der Waals surface area (Å²) >= 11 is 0. The Labute approximate surface area is 218 Å². The first-order valence-electron chi connectivity index (χ1n) is 13.0. The van der Waals surface area contributed by atoms with Crippen LogP contribution >= 0.6 is 0 Å². The molecule has 1 aromatic carbocycles. The number of ether oxygens (including phenoxy) is 1. The number of benzene rings is 1. The highest BCUT2D eigenvalue weighted by Gasteiger charge is 2.42. The average molecular weight is 526 g/mol. The first-order chi connectivity index (χ1) is 18.3. The van der Waals surface area contributed by atoms with Crippen molar-refractivity contribution in [3.63, 3.8) is 0 Å². The number of aromatic nitrogens is 5. The molecular weight excluding hydrogens is 495 g/mol. The third-order valence-electron chi connectivity index (χ3n) is 7.48. The fourth-order valence-electron chi connectivity index (χ4n) is 5.62. The molecule has 2 saturated heterocycles. The van der Waals surface area contributed by atoms with Crippen LogP contribution in [0.1, 0.15) is 37.2 Å². The predicted molar refractivity (Wildman–Crippen MR) is 139 cm³/mol. The quantitative estimate of drug-likeness (QED) is 0.392. The van der Waals surface area contributed by atoms with Crippen molar-refractivity contribution in [3.05, 3.63) is 47.9 Å². The molecule has 0 bridgehead atoms. The number of alkyl halides is 3. The molecule has 2 fully saturated rings. The van der Waals surface area contributed by atoms with Gasteiger partial charge < -0.3 is 19.9 Å². The highest BCUT2D eigenvalue weighted by Crippen LogP contribution is 2.42. The van der Waals surface area contributed by atoms with Crippen LogP contribution in [-0.4, -0.2) is 63.6 Å². The number of piperidine rings is 1. The van der Waals surface area contributed by atoms with Gasteiger partial charge in [-0.1, -0.05) is 12.1 Å². The Bertz CT molecular complexity index is 1450. The number of hydrogen-bond donors (Lipinski definition) is 2. The molecule has 0 amide bonds. The van der Waals surface area contributed by atoms with Gasteiger partial charge in [-0.25, -0.2) is 9.97 Å². The van der Waals surface area contributed by atoms with Gasteiger partial charge in [0.15, 0.2) is 11.5 Å². The molecule has 11 heteroatoms. The number of nitrogens with zero attached hydrogens (tertiary/aromatic N) is 5. The molecular formula is C27H30F3N7O. The minimum Gasteiger partial charge on any atom is -0.377 e. The monoisotopic (exact) mass is 525 g/mol. The molecule has 0 radical (unpaired) electrons. The van der Waals surface area contributed by atoms with Gasteiger partial charge >= 0.3 is 6.18 Å². The van der Waals surface area contributed by atoms with Gasteiger partial charge in [0, 0.05) is 35.3 Å². The Morgan fingerprint density at radius 2 is 1.92 bits per heavy atom. The van der Waals surface area contributed by atoms with E-state index in [0.717, 1.165) is 16.5 Å². The molecule has 1 atom stereocenters. The van der Waals surface area contributed by atoms with Gasteiger partial charge in [0.2, 0.25) is 0 Å². The normalized spacial score (nSPS) is 19.4. The molecule has 38 heavy (non-hydrogen) atoms. The highest BCUT2D eigenvalue weighted by molar-refractivity contribution is 5.93. The van der Waals surface area contributed by atoms with Crippen LogP contribution in [0.25, 0.3) is 33.5 Å². The summed E-state index contributed by atoms with van der Waals surface area (Å²) in [6.07, 6.45) is -1.59. The van der Waals surface area contributed by atoms with Crippen molar-refractivity contribution in [2.45, 2.75) is 44.9 Å². The fourth-order valence-corrected chi connectivity index (χ4v) is 5.62. The van der Waals surface area contributed by atoms with Gasteiger partial charge in [0.05, 0.1) is 42.2 Å². The maximum absolute atomic E-state index is 14.7. The van der Waals surface area contributed by atoms with Crippen LogP contribution in [0.2, 0.25) is 0 Å². The van der Waals surface area contributed by atoms with Crippen molar-refractivity contribution in [3.8, 4) is 22.6 Å². The number of aryl methyl sites for hydroxylation is 1. The molecule has 2 N–H and O–H groups in total. The van der Waals surface area contributed by atoms with E-state index < -0.39 is 11.9 Å². The summed E-state index contributed by atoms with van der Waals surface area (Å²) in [6.45, 7) is 6.60. The van der Waals surface area contributed by atoms with E-state index in [-0.39, 0.29) is 23.3 Å². The number of nitrogens with one attached hydrogen (secondary N) is 2. The first-order valence-corrected chi connectivity index (χ1v) is 13.0. The Morgan fingerprint density at radius 1 is 1.11 bits per heavy atom. The summed E-state index contributed by atoms with van der Waals surface area (Å²) in [7, 11) is 0. The summed E-state index contributed by atoms with van der Waals surface area (Å²) in [5, 5.41) is 8.57. The van der Waals surface area contributed by atoms with E-state index in [1.54, 1.807) is 13.0 Å². The van der Waals surface area contributed by atoms with Crippen molar-refractivity contribution >= 4 is 16.7 Å². The molecule has 0 spiro atoms. The summed E-state index contributed by atoms with van der Waals surface area (Å²) in [5.74, 6) is 0.957. The lowest BCUT2D eigenvalue weighted by Crippen LogP contribution is -2.44. The molecule has 8 nitrogen and oxygen atoms in total. The molecule has 0 saturated carbocycles. The van der Waals surface area contributed by atoms with E-state index in [1.165, 1.54) is 4.68 Å². The van der Waals surface area contributed by atoms with Gasteiger partial charge in [0.1, 0.15) is 5.82 Å². The van der Waals surface area contributed by atoms with E-state index in [9.17, 15) is 13.2 Å². The molecule has 2 aliphatic rings. The maximum Gasteiger partial charge on any atom is 0.433 e. The number of fused-ring (bicyclic) bond motifs is 1. The van der Waals surface area contributed by atoms with Gasteiger partial charge in [-0.2, -0.15) is 18.3 Å². The second kappa shape index (κ2) is 9.70. The second-order valence-corrected chi connectivity index (χ2v) is 10.0.